The van der Waals surface area contributed by atoms with Crippen molar-refractivity contribution in [2.45, 2.75) is 70.4 Å². The molecular formula is C23H33Cl2NO5. The Labute approximate surface area is 195 Å². The second kappa shape index (κ2) is 10.7. The minimum Gasteiger partial charge on any atom is -0.444 e. The zero-order valence-corrected chi connectivity index (χ0v) is 20.1. The Morgan fingerprint density at radius 3 is 2.68 bits per heavy atom. The number of nitrogens with zero attached hydrogens (tertiary/aromatic N) is 1. The van der Waals surface area contributed by atoms with E-state index in [4.69, 9.17) is 42.1 Å². The molecule has 0 aliphatic carbocycles. The molecule has 6 nitrogen and oxygen atoms in total. The van der Waals surface area contributed by atoms with E-state index in [0.717, 1.165) is 44.3 Å². The van der Waals surface area contributed by atoms with Gasteiger partial charge in [-0.05, 0) is 70.6 Å². The van der Waals surface area contributed by atoms with Crippen molar-refractivity contribution in [2.24, 2.45) is 0 Å². The molecule has 0 radical (unpaired) electrons. The van der Waals surface area contributed by atoms with Crippen LogP contribution in [0.3, 0.4) is 0 Å². The Bertz CT molecular complexity index is 748. The summed E-state index contributed by atoms with van der Waals surface area (Å²) in [6, 6.07) is 5.51. The number of likely N-dealkylation sites (tertiary alicyclic amines) is 1. The van der Waals surface area contributed by atoms with Crippen LogP contribution >= 0.6 is 23.2 Å². The highest BCUT2D eigenvalue weighted by atomic mass is 35.5. The molecule has 2 atom stereocenters. The van der Waals surface area contributed by atoms with Crippen LogP contribution in [0.2, 0.25) is 10.0 Å². The summed E-state index contributed by atoms with van der Waals surface area (Å²) in [6.07, 6.45) is 4.14. The summed E-state index contributed by atoms with van der Waals surface area (Å²) in [5, 5.41) is 0.946. The van der Waals surface area contributed by atoms with Crippen LogP contribution < -0.4 is 0 Å². The van der Waals surface area contributed by atoms with Crippen LogP contribution in [0.4, 0.5) is 4.79 Å². The Morgan fingerprint density at radius 1 is 1.19 bits per heavy atom. The van der Waals surface area contributed by atoms with Crippen molar-refractivity contribution < 1.29 is 23.7 Å². The van der Waals surface area contributed by atoms with Crippen molar-refractivity contribution in [2.75, 3.05) is 32.9 Å². The highest BCUT2D eigenvalue weighted by Gasteiger charge is 2.41. The lowest BCUT2D eigenvalue weighted by Gasteiger charge is -2.43. The molecule has 0 N–H and O–H groups in total. The maximum Gasteiger partial charge on any atom is 0.410 e. The van der Waals surface area contributed by atoms with E-state index >= 15 is 0 Å². The number of amides is 1. The van der Waals surface area contributed by atoms with E-state index in [0.29, 0.717) is 36.3 Å². The van der Waals surface area contributed by atoms with Crippen molar-refractivity contribution in [1.29, 1.82) is 0 Å². The predicted octanol–water partition coefficient (Wildman–Crippen LogP) is 5.78. The third kappa shape index (κ3) is 6.96. The van der Waals surface area contributed by atoms with Crippen LogP contribution in [0.5, 0.6) is 0 Å². The van der Waals surface area contributed by atoms with Crippen LogP contribution in [-0.2, 0) is 24.5 Å². The molecule has 1 amide bonds. The van der Waals surface area contributed by atoms with E-state index in [2.05, 4.69) is 0 Å². The fourth-order valence-electron chi connectivity index (χ4n) is 3.98. The minimum absolute atomic E-state index is 0.164. The lowest BCUT2D eigenvalue weighted by atomic mass is 9.85. The van der Waals surface area contributed by atoms with E-state index in [9.17, 15) is 4.79 Å². The molecule has 8 heteroatoms. The minimum atomic E-state index is -0.708. The van der Waals surface area contributed by atoms with Gasteiger partial charge in [0.25, 0.3) is 0 Å². The zero-order chi connectivity index (χ0) is 22.5. The number of hydrogen-bond donors (Lipinski definition) is 0. The van der Waals surface area contributed by atoms with Crippen LogP contribution in [0.1, 0.15) is 58.4 Å². The first kappa shape index (κ1) is 24.6. The fourth-order valence-corrected chi connectivity index (χ4v) is 4.28. The van der Waals surface area contributed by atoms with Crippen molar-refractivity contribution in [1.82, 2.24) is 4.90 Å². The van der Waals surface area contributed by atoms with Gasteiger partial charge in [-0.15, -0.1) is 0 Å². The van der Waals surface area contributed by atoms with Crippen LogP contribution in [0.25, 0.3) is 0 Å². The molecule has 2 heterocycles. The zero-order valence-electron chi connectivity index (χ0n) is 18.6. The summed E-state index contributed by atoms with van der Waals surface area (Å²) < 4.78 is 23.5. The molecule has 0 saturated carbocycles. The molecule has 2 unspecified atom stereocenters. The summed E-state index contributed by atoms with van der Waals surface area (Å²) in [6.45, 7) is 8.12. The largest absolute Gasteiger partial charge is 0.444 e. The van der Waals surface area contributed by atoms with Gasteiger partial charge in [0.2, 0.25) is 0 Å². The van der Waals surface area contributed by atoms with Gasteiger partial charge in [0.15, 0.2) is 6.29 Å². The fraction of sp³-hybridized carbons (Fsp3) is 0.696. The second-order valence-electron chi connectivity index (χ2n) is 9.14. The number of rotatable bonds is 6. The molecule has 0 aromatic heterocycles. The summed E-state index contributed by atoms with van der Waals surface area (Å²) in [5.41, 5.74) is -0.376. The molecule has 1 aromatic rings. The van der Waals surface area contributed by atoms with Gasteiger partial charge in [-0.1, -0.05) is 29.3 Å². The molecule has 2 aliphatic rings. The number of carbonyl (C=O) groups is 1. The van der Waals surface area contributed by atoms with Crippen molar-refractivity contribution in [3.63, 3.8) is 0 Å². The Kier molecular flexibility index (Phi) is 8.50. The van der Waals surface area contributed by atoms with E-state index < -0.39 is 11.2 Å². The van der Waals surface area contributed by atoms with E-state index in [1.165, 1.54) is 0 Å². The SMILES string of the molecule is CC(C)(C)OC(=O)N1CCCC(OCCOC2CCCCO2)(c2ccc(Cl)c(Cl)c2)C1. The summed E-state index contributed by atoms with van der Waals surface area (Å²) in [7, 11) is 0. The second-order valence-corrected chi connectivity index (χ2v) is 9.96. The molecule has 0 spiro atoms. The molecule has 174 valence electrons. The molecule has 2 aliphatic heterocycles. The van der Waals surface area contributed by atoms with Gasteiger partial charge in [-0.25, -0.2) is 4.79 Å². The molecule has 2 saturated heterocycles. The van der Waals surface area contributed by atoms with Gasteiger partial charge in [-0.2, -0.15) is 0 Å². The Balaban J connectivity index is 1.72. The first-order chi connectivity index (χ1) is 14.7. The van der Waals surface area contributed by atoms with Gasteiger partial charge >= 0.3 is 6.09 Å². The quantitative estimate of drug-likeness (QED) is 0.490. The molecule has 31 heavy (non-hydrogen) atoms. The first-order valence-corrected chi connectivity index (χ1v) is 11.7. The van der Waals surface area contributed by atoms with Crippen LogP contribution in [0.15, 0.2) is 18.2 Å². The topological polar surface area (TPSA) is 57.2 Å². The average Bonchev–Trinajstić information content (AvgIpc) is 2.73. The maximum atomic E-state index is 12.8. The van der Waals surface area contributed by atoms with Crippen molar-refractivity contribution in [3.8, 4) is 0 Å². The van der Waals surface area contributed by atoms with E-state index in [1.54, 1.807) is 11.0 Å². The summed E-state index contributed by atoms with van der Waals surface area (Å²) >= 11 is 12.4. The average molecular weight is 474 g/mol. The molecular weight excluding hydrogens is 441 g/mol. The van der Waals surface area contributed by atoms with Crippen molar-refractivity contribution >= 4 is 29.3 Å². The number of benzene rings is 1. The van der Waals surface area contributed by atoms with Crippen LogP contribution in [0, 0.1) is 0 Å². The van der Waals surface area contributed by atoms with Gasteiger partial charge in [-0.3, -0.25) is 0 Å². The monoisotopic (exact) mass is 473 g/mol. The van der Waals surface area contributed by atoms with E-state index in [-0.39, 0.29) is 12.4 Å². The van der Waals surface area contributed by atoms with Gasteiger partial charge in [0.1, 0.15) is 11.2 Å². The van der Waals surface area contributed by atoms with Gasteiger partial charge in [0.05, 0.1) is 29.8 Å². The number of halogens is 2. The predicted molar refractivity (Wildman–Crippen MR) is 121 cm³/mol. The lowest BCUT2D eigenvalue weighted by Crippen LogP contribution is -2.51. The molecule has 3 rings (SSSR count). The normalized spacial score (nSPS) is 24.8. The summed E-state index contributed by atoms with van der Waals surface area (Å²) in [4.78, 5) is 14.5. The van der Waals surface area contributed by atoms with Gasteiger partial charge in [0, 0.05) is 13.2 Å². The highest BCUT2D eigenvalue weighted by molar-refractivity contribution is 6.42. The lowest BCUT2D eigenvalue weighted by molar-refractivity contribution is -0.182. The Hall–Kier alpha value is -1.05. The molecule has 2 fully saturated rings. The number of hydrogen-bond acceptors (Lipinski definition) is 5. The van der Waals surface area contributed by atoms with Crippen molar-refractivity contribution in [3.05, 3.63) is 33.8 Å². The van der Waals surface area contributed by atoms with Crippen LogP contribution in [-0.4, -0.2) is 55.8 Å². The maximum absolute atomic E-state index is 12.8. The molecule has 0 bridgehead atoms. The number of carbonyl (C=O) groups excluding carboxylic acids is 1. The smallest absolute Gasteiger partial charge is 0.410 e. The number of ether oxygens (including phenoxy) is 4. The standard InChI is InChI=1S/C23H33Cl2NO5/c1-22(2,3)31-21(27)26-11-6-10-23(16-26,17-8-9-18(24)19(25)15-17)30-14-13-29-20-7-4-5-12-28-20/h8-9,15,20H,4-7,10-14,16H2,1-3H3. The number of piperidine rings is 1. The van der Waals surface area contributed by atoms with E-state index in [1.807, 2.05) is 32.9 Å². The third-order valence-corrected chi connectivity index (χ3v) is 6.19. The third-order valence-electron chi connectivity index (χ3n) is 5.46. The summed E-state index contributed by atoms with van der Waals surface area (Å²) in [5.74, 6) is 0. The first-order valence-electron chi connectivity index (χ1n) is 11.0. The highest BCUT2D eigenvalue weighted by Crippen LogP contribution is 2.38. The Morgan fingerprint density at radius 2 is 2.00 bits per heavy atom. The van der Waals surface area contributed by atoms with Gasteiger partial charge < -0.3 is 23.8 Å². The molecule has 1 aromatic carbocycles.